The van der Waals surface area contributed by atoms with E-state index in [9.17, 15) is 9.59 Å². The van der Waals surface area contributed by atoms with Gasteiger partial charge in [0.1, 0.15) is 5.69 Å². The maximum absolute atomic E-state index is 12.6. The van der Waals surface area contributed by atoms with Crippen molar-refractivity contribution < 1.29 is 9.59 Å². The lowest BCUT2D eigenvalue weighted by molar-refractivity contribution is -0.127. The number of hydrogen-bond donors (Lipinski definition) is 1. The van der Waals surface area contributed by atoms with Crippen LogP contribution in [0.3, 0.4) is 0 Å². The Morgan fingerprint density at radius 3 is 2.72 bits per heavy atom. The molecule has 7 nitrogen and oxygen atoms in total. The van der Waals surface area contributed by atoms with Crippen molar-refractivity contribution in [2.24, 2.45) is 7.05 Å². The molecule has 1 fully saturated rings. The minimum atomic E-state index is -0.307. The van der Waals surface area contributed by atoms with Crippen LogP contribution in [0.2, 0.25) is 0 Å². The molecule has 3 rings (SSSR count). The van der Waals surface area contributed by atoms with E-state index in [2.05, 4.69) is 29.2 Å². The molecule has 132 valence electrons. The van der Waals surface area contributed by atoms with E-state index in [-0.39, 0.29) is 36.2 Å². The van der Waals surface area contributed by atoms with Crippen LogP contribution in [0.1, 0.15) is 54.0 Å². The molecular formula is C18H23N5O2. The molecule has 1 saturated heterocycles. The Morgan fingerprint density at radius 1 is 1.36 bits per heavy atom. The van der Waals surface area contributed by atoms with Crippen molar-refractivity contribution in [3.8, 4) is 0 Å². The SMILES string of the molecule is CC(C)c1cc(C(=O)N[C@@H]2CC(=O)N(C)[C@H]2c2cccnc2)nn1C. The zero-order valence-electron chi connectivity index (χ0n) is 14.9. The predicted octanol–water partition coefficient (Wildman–Crippen LogP) is 1.64. The molecule has 2 aromatic heterocycles. The van der Waals surface area contributed by atoms with Gasteiger partial charge in [-0.1, -0.05) is 19.9 Å². The van der Waals surface area contributed by atoms with Gasteiger partial charge in [-0.05, 0) is 23.6 Å². The van der Waals surface area contributed by atoms with E-state index in [1.165, 1.54) is 0 Å². The van der Waals surface area contributed by atoms with Crippen LogP contribution in [0, 0.1) is 0 Å². The number of aromatic nitrogens is 3. The second kappa shape index (κ2) is 6.66. The van der Waals surface area contributed by atoms with Crippen molar-refractivity contribution >= 4 is 11.8 Å². The first-order valence-corrected chi connectivity index (χ1v) is 8.39. The predicted molar refractivity (Wildman–Crippen MR) is 92.9 cm³/mol. The van der Waals surface area contributed by atoms with E-state index in [0.717, 1.165) is 11.3 Å². The van der Waals surface area contributed by atoms with E-state index >= 15 is 0 Å². The van der Waals surface area contributed by atoms with Gasteiger partial charge in [-0.15, -0.1) is 0 Å². The second-order valence-corrected chi connectivity index (χ2v) is 6.75. The van der Waals surface area contributed by atoms with Gasteiger partial charge < -0.3 is 10.2 Å². The van der Waals surface area contributed by atoms with Crippen LogP contribution < -0.4 is 5.32 Å². The van der Waals surface area contributed by atoms with Crippen LogP contribution in [-0.4, -0.2) is 44.6 Å². The number of amides is 2. The minimum absolute atomic E-state index is 0.00282. The Balaban J connectivity index is 1.82. The number of nitrogens with zero attached hydrogens (tertiary/aromatic N) is 4. The summed E-state index contributed by atoms with van der Waals surface area (Å²) in [5.74, 6) is 0.0221. The average Bonchev–Trinajstić information content (AvgIpc) is 3.09. The number of likely N-dealkylation sites (N-methyl/N-ethyl adjacent to an activating group) is 1. The lowest BCUT2D eigenvalue weighted by atomic mass is 10.0. The maximum atomic E-state index is 12.6. The molecule has 2 aromatic rings. The first-order chi connectivity index (χ1) is 11.9. The van der Waals surface area contributed by atoms with Gasteiger partial charge in [0.2, 0.25) is 5.91 Å². The summed E-state index contributed by atoms with van der Waals surface area (Å²) >= 11 is 0. The van der Waals surface area contributed by atoms with Gasteiger partial charge in [-0.3, -0.25) is 19.3 Å². The van der Waals surface area contributed by atoms with Gasteiger partial charge in [0, 0.05) is 38.6 Å². The van der Waals surface area contributed by atoms with Crippen molar-refractivity contribution in [2.45, 2.75) is 38.3 Å². The number of carbonyl (C=O) groups is 2. The molecule has 2 atom stereocenters. The molecule has 3 heterocycles. The third-order valence-corrected chi connectivity index (χ3v) is 4.67. The molecule has 1 aliphatic heterocycles. The summed E-state index contributed by atoms with van der Waals surface area (Å²) in [7, 11) is 3.58. The summed E-state index contributed by atoms with van der Waals surface area (Å²) in [6.07, 6.45) is 3.69. The van der Waals surface area contributed by atoms with E-state index in [0.29, 0.717) is 5.69 Å². The highest BCUT2D eigenvalue weighted by molar-refractivity contribution is 5.93. The Bertz CT molecular complexity index is 784. The standard InChI is InChI=1S/C18H23N5O2/c1-11(2)15-8-14(21-23(15)4)18(25)20-13-9-16(24)22(3)17(13)12-6-5-7-19-10-12/h5-8,10-11,13,17H,9H2,1-4H3,(H,20,25)/t13-,17+/m1/s1. The van der Waals surface area contributed by atoms with Crippen molar-refractivity contribution in [1.29, 1.82) is 0 Å². The van der Waals surface area contributed by atoms with Crippen LogP contribution in [0.15, 0.2) is 30.6 Å². The number of aryl methyl sites for hydroxylation is 1. The van der Waals surface area contributed by atoms with Gasteiger partial charge in [-0.2, -0.15) is 5.10 Å². The third kappa shape index (κ3) is 3.26. The Hall–Kier alpha value is -2.70. The summed E-state index contributed by atoms with van der Waals surface area (Å²) in [5, 5.41) is 7.28. The Kier molecular flexibility index (Phi) is 4.57. The highest BCUT2D eigenvalue weighted by Crippen LogP contribution is 2.31. The molecule has 0 aromatic carbocycles. The van der Waals surface area contributed by atoms with E-state index in [1.54, 1.807) is 35.1 Å². The van der Waals surface area contributed by atoms with Gasteiger partial charge >= 0.3 is 0 Å². The average molecular weight is 341 g/mol. The summed E-state index contributed by atoms with van der Waals surface area (Å²) < 4.78 is 1.73. The fraction of sp³-hybridized carbons (Fsp3) is 0.444. The summed E-state index contributed by atoms with van der Waals surface area (Å²) in [4.78, 5) is 30.6. The molecule has 1 N–H and O–H groups in total. The molecule has 0 aliphatic carbocycles. The lowest BCUT2D eigenvalue weighted by Crippen LogP contribution is -2.39. The number of hydrogen-bond acceptors (Lipinski definition) is 4. The summed E-state index contributed by atoms with van der Waals surface area (Å²) in [6.45, 7) is 4.11. The first-order valence-electron chi connectivity index (χ1n) is 8.39. The highest BCUT2D eigenvalue weighted by atomic mass is 16.2. The Morgan fingerprint density at radius 2 is 2.12 bits per heavy atom. The van der Waals surface area contributed by atoms with Crippen LogP contribution in [0.5, 0.6) is 0 Å². The van der Waals surface area contributed by atoms with Crippen LogP contribution in [0.4, 0.5) is 0 Å². The molecule has 1 aliphatic rings. The molecule has 0 unspecified atom stereocenters. The largest absolute Gasteiger partial charge is 0.345 e. The molecule has 2 amide bonds. The van der Waals surface area contributed by atoms with E-state index in [1.807, 2.05) is 19.2 Å². The zero-order chi connectivity index (χ0) is 18.1. The molecule has 25 heavy (non-hydrogen) atoms. The summed E-state index contributed by atoms with van der Waals surface area (Å²) in [6, 6.07) is 5.03. The zero-order valence-corrected chi connectivity index (χ0v) is 14.9. The molecule has 0 spiro atoms. The van der Waals surface area contributed by atoms with Gasteiger partial charge in [0.25, 0.3) is 5.91 Å². The molecular weight excluding hydrogens is 318 g/mol. The van der Waals surface area contributed by atoms with Crippen molar-refractivity contribution in [1.82, 2.24) is 25.0 Å². The van der Waals surface area contributed by atoms with Crippen LogP contribution in [0.25, 0.3) is 0 Å². The normalized spacial score (nSPS) is 20.4. The topological polar surface area (TPSA) is 80.1 Å². The summed E-state index contributed by atoms with van der Waals surface area (Å²) in [5.41, 5.74) is 2.27. The number of nitrogens with one attached hydrogen (secondary N) is 1. The third-order valence-electron chi connectivity index (χ3n) is 4.67. The van der Waals surface area contributed by atoms with Crippen molar-refractivity contribution in [3.05, 3.63) is 47.5 Å². The van der Waals surface area contributed by atoms with Crippen molar-refractivity contribution in [2.75, 3.05) is 7.05 Å². The number of carbonyl (C=O) groups excluding carboxylic acids is 2. The fourth-order valence-corrected chi connectivity index (χ4v) is 3.38. The van der Waals surface area contributed by atoms with E-state index in [4.69, 9.17) is 0 Å². The van der Waals surface area contributed by atoms with Crippen LogP contribution >= 0.6 is 0 Å². The van der Waals surface area contributed by atoms with Crippen molar-refractivity contribution in [3.63, 3.8) is 0 Å². The number of likely N-dealkylation sites (tertiary alicyclic amines) is 1. The number of rotatable bonds is 4. The maximum Gasteiger partial charge on any atom is 0.272 e. The first kappa shape index (κ1) is 17.1. The van der Waals surface area contributed by atoms with Gasteiger partial charge in [0.15, 0.2) is 0 Å². The second-order valence-electron chi connectivity index (χ2n) is 6.75. The highest BCUT2D eigenvalue weighted by Gasteiger charge is 2.39. The molecule has 0 radical (unpaired) electrons. The molecule has 0 saturated carbocycles. The monoisotopic (exact) mass is 341 g/mol. The smallest absolute Gasteiger partial charge is 0.272 e. The minimum Gasteiger partial charge on any atom is -0.345 e. The quantitative estimate of drug-likeness (QED) is 0.917. The molecule has 0 bridgehead atoms. The molecule has 7 heteroatoms. The van der Waals surface area contributed by atoms with Gasteiger partial charge in [-0.25, -0.2) is 0 Å². The van der Waals surface area contributed by atoms with Crippen LogP contribution in [-0.2, 0) is 11.8 Å². The lowest BCUT2D eigenvalue weighted by Gasteiger charge is -2.25. The Labute approximate surface area is 147 Å². The van der Waals surface area contributed by atoms with Gasteiger partial charge in [0.05, 0.1) is 12.1 Å². The van der Waals surface area contributed by atoms with E-state index < -0.39 is 0 Å². The number of pyridine rings is 1. The fourth-order valence-electron chi connectivity index (χ4n) is 3.38.